The van der Waals surface area contributed by atoms with Crippen LogP contribution in [0.15, 0.2) is 41.8 Å². The molecule has 4 nitrogen and oxygen atoms in total. The predicted molar refractivity (Wildman–Crippen MR) is 124 cm³/mol. The number of carboxylic acid groups (broad SMARTS) is 1. The zero-order valence-corrected chi connectivity index (χ0v) is 18.6. The minimum atomic E-state index is -0.784. The number of carboxylic acids is 1. The molecule has 156 valence electrons. The fraction of sp³-hybridized carbons (Fsp3) is 0.455. The molecule has 1 heterocycles. The van der Waals surface area contributed by atoms with Gasteiger partial charge in [0.15, 0.2) is 0 Å². The summed E-state index contributed by atoms with van der Waals surface area (Å²) in [7, 11) is 0. The van der Waals surface area contributed by atoms with Gasteiger partial charge in [0.25, 0.3) is 0 Å². The molecule has 1 aliphatic rings. The van der Waals surface area contributed by atoms with Crippen molar-refractivity contribution >= 4 is 56.7 Å². The van der Waals surface area contributed by atoms with Crippen molar-refractivity contribution in [3.05, 3.63) is 47.4 Å². The van der Waals surface area contributed by atoms with Gasteiger partial charge in [-0.05, 0) is 52.7 Å². The van der Waals surface area contributed by atoms with E-state index in [4.69, 9.17) is 5.11 Å². The van der Waals surface area contributed by atoms with Gasteiger partial charge in [-0.25, -0.2) is 0 Å². The quantitative estimate of drug-likeness (QED) is 0.383. The number of rotatable bonds is 11. The molecular formula is C22H26O4S3. The highest BCUT2D eigenvalue weighted by Gasteiger charge is 2.33. The number of carbonyl (C=O) groups is 2. The molecule has 1 aromatic carbocycles. The summed E-state index contributed by atoms with van der Waals surface area (Å²) in [5, 5.41) is 22.4. The summed E-state index contributed by atoms with van der Waals surface area (Å²) >= 11 is 4.79. The number of Topliss-reactive ketones (excluding diaryl/α,β-unsaturated/α-hetero) is 1. The normalized spacial score (nSPS) is 20.7. The van der Waals surface area contributed by atoms with Crippen molar-refractivity contribution in [2.24, 2.45) is 5.92 Å². The third-order valence-corrected chi connectivity index (χ3v) is 8.49. The van der Waals surface area contributed by atoms with E-state index in [0.29, 0.717) is 18.6 Å². The maximum absolute atomic E-state index is 12.2. The number of benzene rings is 1. The molecule has 1 aromatic heterocycles. The smallest absolute Gasteiger partial charge is 0.313 e. The predicted octanol–water partition coefficient (Wildman–Crippen LogP) is 4.65. The maximum Gasteiger partial charge on any atom is 0.313 e. The standard InChI is InChI=1S/C22H26O4S3/c23-17(12-16-13-29-20-5-2-1-4-18(16)20)8-6-15-7-9-19(24)22(15)28-11-3-10-27-14-21(25)26/h1-2,4-6,8,13,15,17,22-23H,3,7,9-12,14H2,(H,25,26)/b8-6+. The van der Waals surface area contributed by atoms with E-state index in [2.05, 4.69) is 17.5 Å². The number of aliphatic hydroxyl groups is 1. The summed E-state index contributed by atoms with van der Waals surface area (Å²) < 4.78 is 1.23. The number of hydrogen-bond acceptors (Lipinski definition) is 6. The van der Waals surface area contributed by atoms with Crippen LogP contribution in [0.2, 0.25) is 0 Å². The van der Waals surface area contributed by atoms with Gasteiger partial charge in [-0.3, -0.25) is 9.59 Å². The fourth-order valence-electron chi connectivity index (χ4n) is 3.54. The molecule has 0 aliphatic heterocycles. The minimum absolute atomic E-state index is 0.0371. The summed E-state index contributed by atoms with van der Waals surface area (Å²) in [6.45, 7) is 0. The fourth-order valence-corrected chi connectivity index (χ4v) is 6.71. The van der Waals surface area contributed by atoms with Crippen molar-refractivity contribution in [3.8, 4) is 0 Å². The second-order valence-corrected chi connectivity index (χ2v) is 10.4. The van der Waals surface area contributed by atoms with Crippen LogP contribution in [0.4, 0.5) is 0 Å². The second-order valence-electron chi connectivity index (χ2n) is 7.17. The molecule has 0 radical (unpaired) electrons. The third kappa shape index (κ3) is 6.60. The van der Waals surface area contributed by atoms with Gasteiger partial charge in [0.1, 0.15) is 5.78 Å². The topological polar surface area (TPSA) is 74.6 Å². The van der Waals surface area contributed by atoms with Crippen LogP contribution in [0.3, 0.4) is 0 Å². The number of aliphatic hydroxyl groups excluding tert-OH is 1. The van der Waals surface area contributed by atoms with Gasteiger partial charge in [0.05, 0.1) is 17.1 Å². The van der Waals surface area contributed by atoms with Crippen molar-refractivity contribution in [2.75, 3.05) is 17.3 Å². The van der Waals surface area contributed by atoms with E-state index >= 15 is 0 Å². The van der Waals surface area contributed by atoms with E-state index < -0.39 is 12.1 Å². The van der Waals surface area contributed by atoms with E-state index in [0.717, 1.165) is 29.9 Å². The first-order valence-electron chi connectivity index (χ1n) is 9.80. The summed E-state index contributed by atoms with van der Waals surface area (Å²) in [6.07, 6.45) is 6.26. The average molecular weight is 451 g/mol. The van der Waals surface area contributed by atoms with Crippen molar-refractivity contribution in [3.63, 3.8) is 0 Å². The van der Waals surface area contributed by atoms with Crippen LogP contribution in [-0.2, 0) is 16.0 Å². The molecule has 0 bridgehead atoms. The number of thioether (sulfide) groups is 2. The van der Waals surface area contributed by atoms with E-state index in [1.54, 1.807) is 23.1 Å². The van der Waals surface area contributed by atoms with Gasteiger partial charge in [0, 0.05) is 17.5 Å². The molecule has 1 saturated carbocycles. The van der Waals surface area contributed by atoms with Gasteiger partial charge in [-0.1, -0.05) is 30.4 Å². The van der Waals surface area contributed by atoms with Crippen LogP contribution in [0.5, 0.6) is 0 Å². The SMILES string of the molecule is O=C(O)CSCCCSC1C(=O)CCC1/C=C/C(O)Cc1csc2ccccc12. The lowest BCUT2D eigenvalue weighted by atomic mass is 10.0. The molecule has 29 heavy (non-hydrogen) atoms. The molecule has 0 spiro atoms. The largest absolute Gasteiger partial charge is 0.481 e. The number of hydrogen-bond donors (Lipinski definition) is 2. The number of carbonyl (C=O) groups excluding carboxylic acids is 1. The Morgan fingerprint density at radius 3 is 2.97 bits per heavy atom. The summed E-state index contributed by atoms with van der Waals surface area (Å²) in [4.78, 5) is 22.8. The van der Waals surface area contributed by atoms with Crippen LogP contribution in [0.25, 0.3) is 10.1 Å². The van der Waals surface area contributed by atoms with Crippen molar-refractivity contribution in [1.29, 1.82) is 0 Å². The Balaban J connectivity index is 1.47. The number of fused-ring (bicyclic) bond motifs is 1. The lowest BCUT2D eigenvalue weighted by Gasteiger charge is -2.15. The Hall–Kier alpha value is -1.28. The van der Waals surface area contributed by atoms with Gasteiger partial charge in [0.2, 0.25) is 0 Å². The van der Waals surface area contributed by atoms with Gasteiger partial charge in [-0.2, -0.15) is 11.8 Å². The van der Waals surface area contributed by atoms with E-state index in [-0.39, 0.29) is 16.9 Å². The molecular weight excluding hydrogens is 424 g/mol. The first kappa shape index (κ1) is 22.4. The second kappa shape index (κ2) is 11.2. The molecule has 1 aliphatic carbocycles. The Labute approximate surface area is 183 Å². The monoisotopic (exact) mass is 450 g/mol. The van der Waals surface area contributed by atoms with E-state index in [9.17, 15) is 14.7 Å². The van der Waals surface area contributed by atoms with Crippen LogP contribution >= 0.6 is 34.9 Å². The average Bonchev–Trinajstić information content (AvgIpc) is 3.26. The Kier molecular flexibility index (Phi) is 8.66. The molecule has 2 N–H and O–H groups in total. The van der Waals surface area contributed by atoms with Crippen LogP contribution < -0.4 is 0 Å². The third-order valence-electron chi connectivity index (χ3n) is 4.96. The summed E-state index contributed by atoms with van der Waals surface area (Å²) in [6, 6.07) is 8.23. The molecule has 7 heteroatoms. The number of allylic oxidation sites excluding steroid dienone is 1. The Morgan fingerprint density at radius 1 is 1.31 bits per heavy atom. The highest BCUT2D eigenvalue weighted by molar-refractivity contribution is 8.01. The maximum atomic E-state index is 12.2. The van der Waals surface area contributed by atoms with Crippen LogP contribution in [-0.4, -0.2) is 50.6 Å². The van der Waals surface area contributed by atoms with Crippen molar-refractivity contribution < 1.29 is 19.8 Å². The first-order chi connectivity index (χ1) is 14.0. The molecule has 3 atom stereocenters. The highest BCUT2D eigenvalue weighted by atomic mass is 32.2. The molecule has 0 amide bonds. The molecule has 3 unspecified atom stereocenters. The minimum Gasteiger partial charge on any atom is -0.481 e. The van der Waals surface area contributed by atoms with Crippen LogP contribution in [0, 0.1) is 5.92 Å². The zero-order valence-electron chi connectivity index (χ0n) is 16.2. The molecule has 0 saturated heterocycles. The number of aliphatic carboxylic acids is 1. The first-order valence-corrected chi connectivity index (χ1v) is 12.9. The Morgan fingerprint density at radius 2 is 2.14 bits per heavy atom. The highest BCUT2D eigenvalue weighted by Crippen LogP contribution is 2.34. The van der Waals surface area contributed by atoms with Crippen molar-refractivity contribution in [2.45, 2.75) is 37.0 Å². The number of ketones is 1. The lowest BCUT2D eigenvalue weighted by molar-refractivity contribution is -0.133. The number of thiophene rings is 1. The van der Waals surface area contributed by atoms with E-state index in [1.807, 2.05) is 24.3 Å². The van der Waals surface area contributed by atoms with Crippen molar-refractivity contribution in [1.82, 2.24) is 0 Å². The summed E-state index contributed by atoms with van der Waals surface area (Å²) in [5.74, 6) is 1.47. The Bertz CT molecular complexity index is 861. The molecule has 1 fully saturated rings. The molecule has 3 rings (SSSR count). The summed E-state index contributed by atoms with van der Waals surface area (Å²) in [5.41, 5.74) is 1.16. The zero-order chi connectivity index (χ0) is 20.6. The molecule has 2 aromatic rings. The van der Waals surface area contributed by atoms with Gasteiger partial charge in [-0.15, -0.1) is 23.1 Å². The van der Waals surface area contributed by atoms with Gasteiger partial charge >= 0.3 is 5.97 Å². The lowest BCUT2D eigenvalue weighted by Crippen LogP contribution is -2.17. The van der Waals surface area contributed by atoms with Crippen LogP contribution in [0.1, 0.15) is 24.8 Å². The van der Waals surface area contributed by atoms with Gasteiger partial charge < -0.3 is 10.2 Å². The van der Waals surface area contributed by atoms with E-state index in [1.165, 1.54) is 21.8 Å².